The fourth-order valence-corrected chi connectivity index (χ4v) is 2.96. The van der Waals surface area contributed by atoms with E-state index in [0.29, 0.717) is 5.92 Å². The monoisotopic (exact) mass is 246 g/mol. The summed E-state index contributed by atoms with van der Waals surface area (Å²) in [4.78, 5) is 7.18. The van der Waals surface area contributed by atoms with Crippen molar-refractivity contribution in [1.29, 1.82) is 0 Å². The summed E-state index contributed by atoms with van der Waals surface area (Å²) in [6, 6.07) is 2.22. The number of likely N-dealkylation sites (tertiary alicyclic amines) is 1. The predicted molar refractivity (Wildman–Crippen MR) is 76.8 cm³/mol. The van der Waals surface area contributed by atoms with Gasteiger partial charge in [0.05, 0.1) is 0 Å². The Kier molecular flexibility index (Phi) is 4.76. The highest BCUT2D eigenvalue weighted by molar-refractivity contribution is 5.32. The lowest BCUT2D eigenvalue weighted by Gasteiger charge is -2.27. The Hall–Kier alpha value is -0.890. The molecule has 1 fully saturated rings. The molecule has 0 saturated carbocycles. The Bertz CT molecular complexity index is 379. The van der Waals surface area contributed by atoms with Crippen LogP contribution in [-0.4, -0.2) is 23.0 Å². The van der Waals surface area contributed by atoms with Gasteiger partial charge in [-0.15, -0.1) is 0 Å². The lowest BCUT2D eigenvalue weighted by molar-refractivity contribution is 0.220. The van der Waals surface area contributed by atoms with Gasteiger partial charge in [-0.05, 0) is 55.5 Å². The summed E-state index contributed by atoms with van der Waals surface area (Å²) in [5.41, 5.74) is 4.28. The van der Waals surface area contributed by atoms with Crippen molar-refractivity contribution in [3.8, 4) is 0 Å². The van der Waals surface area contributed by atoms with E-state index in [1.54, 1.807) is 0 Å². The molecule has 1 saturated heterocycles. The zero-order valence-corrected chi connectivity index (χ0v) is 12.1. The van der Waals surface area contributed by atoms with Crippen molar-refractivity contribution in [2.75, 3.05) is 13.1 Å². The summed E-state index contributed by atoms with van der Waals surface area (Å²) in [6.45, 7) is 10.4. The minimum atomic E-state index is 0.529. The van der Waals surface area contributed by atoms with Crippen LogP contribution in [0, 0.1) is 0 Å². The van der Waals surface area contributed by atoms with Gasteiger partial charge in [0.15, 0.2) is 0 Å². The van der Waals surface area contributed by atoms with Crippen LogP contribution in [0.25, 0.3) is 0 Å². The summed E-state index contributed by atoms with van der Waals surface area (Å²) < 4.78 is 0. The van der Waals surface area contributed by atoms with Gasteiger partial charge in [-0.1, -0.05) is 27.2 Å². The molecule has 2 heterocycles. The normalized spacial score (nSPS) is 17.3. The Balaban J connectivity index is 2.18. The molecule has 0 atom stereocenters. The van der Waals surface area contributed by atoms with Crippen LogP contribution in [0.5, 0.6) is 0 Å². The highest BCUT2D eigenvalue weighted by Crippen LogP contribution is 2.23. The third-order valence-electron chi connectivity index (χ3n) is 3.93. The molecule has 1 aromatic rings. The van der Waals surface area contributed by atoms with E-state index in [2.05, 4.69) is 36.7 Å². The van der Waals surface area contributed by atoms with Crippen LogP contribution in [0.15, 0.2) is 12.3 Å². The maximum atomic E-state index is 4.58. The second kappa shape index (κ2) is 6.33. The van der Waals surface area contributed by atoms with E-state index in [0.717, 1.165) is 13.0 Å². The van der Waals surface area contributed by atoms with Crippen molar-refractivity contribution in [2.45, 2.75) is 58.9 Å². The Morgan fingerprint density at radius 3 is 2.56 bits per heavy atom. The molecule has 1 aliphatic heterocycles. The van der Waals surface area contributed by atoms with Crippen LogP contribution in [0.1, 0.15) is 62.8 Å². The van der Waals surface area contributed by atoms with Crippen molar-refractivity contribution < 1.29 is 0 Å². The summed E-state index contributed by atoms with van der Waals surface area (Å²) in [5, 5.41) is 0. The fourth-order valence-electron chi connectivity index (χ4n) is 2.96. The summed E-state index contributed by atoms with van der Waals surface area (Å²) >= 11 is 0. The second-order valence-electron chi connectivity index (χ2n) is 5.68. The van der Waals surface area contributed by atoms with Gasteiger partial charge in [-0.3, -0.25) is 9.88 Å². The number of rotatable bonds is 4. The van der Waals surface area contributed by atoms with Gasteiger partial charge in [-0.25, -0.2) is 0 Å². The van der Waals surface area contributed by atoms with Crippen LogP contribution in [0.2, 0.25) is 0 Å². The molecule has 1 aromatic heterocycles. The molecule has 0 aliphatic carbocycles. The smallest absolute Gasteiger partial charge is 0.0464 e. The molecule has 2 heteroatoms. The van der Waals surface area contributed by atoms with Crippen molar-refractivity contribution in [2.24, 2.45) is 0 Å². The van der Waals surface area contributed by atoms with Gasteiger partial charge in [0.1, 0.15) is 0 Å². The quantitative estimate of drug-likeness (QED) is 0.804. The molecule has 0 radical (unpaired) electrons. The van der Waals surface area contributed by atoms with Gasteiger partial charge in [-0.2, -0.15) is 0 Å². The SMILES string of the molecule is CCc1c(CN2CCCCC2)ccnc1C(C)C. The zero-order valence-electron chi connectivity index (χ0n) is 12.1. The molecule has 1 aliphatic rings. The summed E-state index contributed by atoms with van der Waals surface area (Å²) in [7, 11) is 0. The molecule has 100 valence electrons. The summed E-state index contributed by atoms with van der Waals surface area (Å²) in [5.74, 6) is 0.529. The van der Waals surface area contributed by atoms with Crippen LogP contribution in [0.4, 0.5) is 0 Å². The molecule has 0 unspecified atom stereocenters. The molecule has 0 bridgehead atoms. The third-order valence-corrected chi connectivity index (χ3v) is 3.93. The van der Waals surface area contributed by atoms with Gasteiger partial charge < -0.3 is 0 Å². The van der Waals surface area contributed by atoms with Crippen LogP contribution >= 0.6 is 0 Å². The number of aromatic nitrogens is 1. The fraction of sp³-hybridized carbons (Fsp3) is 0.688. The first-order valence-electron chi connectivity index (χ1n) is 7.41. The van der Waals surface area contributed by atoms with Gasteiger partial charge in [0.2, 0.25) is 0 Å². The first kappa shape index (κ1) is 13.5. The molecule has 2 rings (SSSR count). The number of nitrogens with zero attached hydrogens (tertiary/aromatic N) is 2. The second-order valence-corrected chi connectivity index (χ2v) is 5.68. The van der Waals surface area contributed by atoms with Crippen LogP contribution in [-0.2, 0) is 13.0 Å². The van der Waals surface area contributed by atoms with Crippen molar-refractivity contribution in [3.63, 3.8) is 0 Å². The molecule has 18 heavy (non-hydrogen) atoms. The Labute approximate surface area is 111 Å². The Morgan fingerprint density at radius 1 is 1.22 bits per heavy atom. The van der Waals surface area contributed by atoms with Crippen LogP contribution in [0.3, 0.4) is 0 Å². The minimum absolute atomic E-state index is 0.529. The number of pyridine rings is 1. The molecular formula is C16H26N2. The number of hydrogen-bond donors (Lipinski definition) is 0. The predicted octanol–water partition coefficient (Wildman–Crippen LogP) is 3.75. The highest BCUT2D eigenvalue weighted by atomic mass is 15.1. The largest absolute Gasteiger partial charge is 0.299 e. The average molecular weight is 246 g/mol. The van der Waals surface area contributed by atoms with Crippen molar-refractivity contribution >= 4 is 0 Å². The topological polar surface area (TPSA) is 16.1 Å². The molecule has 0 aromatic carbocycles. The zero-order chi connectivity index (χ0) is 13.0. The number of hydrogen-bond acceptors (Lipinski definition) is 2. The Morgan fingerprint density at radius 2 is 1.94 bits per heavy atom. The minimum Gasteiger partial charge on any atom is -0.299 e. The lowest BCUT2D eigenvalue weighted by Crippen LogP contribution is -2.29. The standard InChI is InChI=1S/C16H26N2/c1-4-15-14(8-9-17-16(15)13(2)3)12-18-10-6-5-7-11-18/h8-9,13H,4-7,10-12H2,1-3H3. The maximum absolute atomic E-state index is 4.58. The van der Waals surface area contributed by atoms with E-state index < -0.39 is 0 Å². The van der Waals surface area contributed by atoms with E-state index in [4.69, 9.17) is 0 Å². The first-order valence-corrected chi connectivity index (χ1v) is 7.41. The van der Waals surface area contributed by atoms with E-state index >= 15 is 0 Å². The lowest BCUT2D eigenvalue weighted by atomic mass is 9.96. The molecule has 0 spiro atoms. The van der Waals surface area contributed by atoms with Gasteiger partial charge in [0, 0.05) is 18.4 Å². The molecule has 0 N–H and O–H groups in total. The van der Waals surface area contributed by atoms with Crippen molar-refractivity contribution in [3.05, 3.63) is 29.1 Å². The van der Waals surface area contributed by atoms with E-state index in [1.165, 1.54) is 49.2 Å². The maximum Gasteiger partial charge on any atom is 0.0464 e. The van der Waals surface area contributed by atoms with Gasteiger partial charge >= 0.3 is 0 Å². The van der Waals surface area contributed by atoms with E-state index in [9.17, 15) is 0 Å². The summed E-state index contributed by atoms with van der Waals surface area (Å²) in [6.07, 6.45) is 7.23. The molecule has 0 amide bonds. The molecule has 2 nitrogen and oxygen atoms in total. The van der Waals surface area contributed by atoms with Crippen LogP contribution < -0.4 is 0 Å². The van der Waals surface area contributed by atoms with Crippen molar-refractivity contribution in [1.82, 2.24) is 9.88 Å². The third kappa shape index (κ3) is 3.11. The highest BCUT2D eigenvalue weighted by Gasteiger charge is 2.15. The number of piperidine rings is 1. The van der Waals surface area contributed by atoms with Gasteiger partial charge in [0.25, 0.3) is 0 Å². The molecular weight excluding hydrogens is 220 g/mol. The van der Waals surface area contributed by atoms with E-state index in [-0.39, 0.29) is 0 Å². The van der Waals surface area contributed by atoms with E-state index in [1.807, 2.05) is 6.20 Å². The first-order chi connectivity index (χ1) is 8.72. The average Bonchev–Trinajstić information content (AvgIpc) is 2.39.